The van der Waals surface area contributed by atoms with Crippen molar-refractivity contribution in [3.63, 3.8) is 0 Å². The van der Waals surface area contributed by atoms with E-state index in [1.54, 1.807) is 30.1 Å². The van der Waals surface area contributed by atoms with Crippen LogP contribution in [0, 0.1) is 6.92 Å². The molecule has 0 saturated carbocycles. The number of hydrogen-bond donors (Lipinski definition) is 1. The van der Waals surface area contributed by atoms with Crippen molar-refractivity contribution in [2.75, 3.05) is 0 Å². The lowest BCUT2D eigenvalue weighted by Gasteiger charge is -2.13. The topological polar surface area (TPSA) is 59.4 Å². The molecule has 0 radical (unpaired) electrons. The molecule has 18 heavy (non-hydrogen) atoms. The fourth-order valence-electron chi connectivity index (χ4n) is 1.93. The first-order valence-corrected chi connectivity index (χ1v) is 6.57. The molecule has 3 aromatic heterocycles. The normalized spacial score (nSPS) is 12.8. The second kappa shape index (κ2) is 4.38. The molecule has 0 aliphatic carbocycles. The summed E-state index contributed by atoms with van der Waals surface area (Å²) in [4.78, 5) is 16.0. The number of nitrogens with one attached hydrogen (secondary N) is 1. The van der Waals surface area contributed by atoms with Gasteiger partial charge in [0.25, 0.3) is 0 Å². The zero-order valence-corrected chi connectivity index (χ0v) is 11.0. The number of hydrogen-bond acceptors (Lipinski definition) is 4. The van der Waals surface area contributed by atoms with Crippen molar-refractivity contribution < 1.29 is 0 Å². The summed E-state index contributed by atoms with van der Waals surface area (Å²) < 4.78 is 2.10. The largest absolute Gasteiger partial charge is 0.342 e. The maximum atomic E-state index is 4.53. The van der Waals surface area contributed by atoms with Crippen molar-refractivity contribution in [2.45, 2.75) is 19.9 Å². The Morgan fingerprint density at radius 3 is 3.00 bits per heavy atom. The average Bonchev–Trinajstić information content (AvgIpc) is 3.08. The van der Waals surface area contributed by atoms with Gasteiger partial charge in [-0.05, 0) is 13.8 Å². The van der Waals surface area contributed by atoms with E-state index in [0.717, 1.165) is 22.2 Å². The molecular formula is C12H13N5S. The SMILES string of the molecule is Cc1nc([C@H](C)n2ccnc2-c2cnc[nH]2)cs1. The first-order chi connectivity index (χ1) is 8.75. The molecule has 0 saturated heterocycles. The number of H-pyrrole nitrogens is 1. The number of thiazole rings is 1. The Morgan fingerprint density at radius 1 is 1.44 bits per heavy atom. The third-order valence-electron chi connectivity index (χ3n) is 2.89. The molecular weight excluding hydrogens is 246 g/mol. The van der Waals surface area contributed by atoms with Crippen LogP contribution in [0.25, 0.3) is 11.5 Å². The van der Waals surface area contributed by atoms with Crippen molar-refractivity contribution in [2.24, 2.45) is 0 Å². The van der Waals surface area contributed by atoms with Crippen LogP contribution in [-0.4, -0.2) is 24.5 Å². The van der Waals surface area contributed by atoms with Crippen LogP contribution in [0.5, 0.6) is 0 Å². The van der Waals surface area contributed by atoms with E-state index in [2.05, 4.69) is 36.8 Å². The minimum absolute atomic E-state index is 0.163. The van der Waals surface area contributed by atoms with Gasteiger partial charge in [-0.3, -0.25) is 0 Å². The van der Waals surface area contributed by atoms with Gasteiger partial charge in [-0.2, -0.15) is 0 Å². The van der Waals surface area contributed by atoms with Crippen molar-refractivity contribution in [1.82, 2.24) is 24.5 Å². The summed E-state index contributed by atoms with van der Waals surface area (Å²) in [5.41, 5.74) is 1.98. The lowest BCUT2D eigenvalue weighted by Crippen LogP contribution is -2.08. The summed E-state index contributed by atoms with van der Waals surface area (Å²) in [5.74, 6) is 0.880. The van der Waals surface area contributed by atoms with Gasteiger partial charge in [0.1, 0.15) is 5.69 Å². The van der Waals surface area contributed by atoms with Crippen LogP contribution in [0.4, 0.5) is 0 Å². The van der Waals surface area contributed by atoms with E-state index < -0.39 is 0 Å². The summed E-state index contributed by atoms with van der Waals surface area (Å²) in [6.07, 6.45) is 7.20. The van der Waals surface area contributed by atoms with Crippen LogP contribution in [-0.2, 0) is 0 Å². The first-order valence-electron chi connectivity index (χ1n) is 5.69. The molecule has 0 amide bonds. The van der Waals surface area contributed by atoms with E-state index >= 15 is 0 Å². The summed E-state index contributed by atoms with van der Waals surface area (Å²) >= 11 is 1.67. The molecule has 0 bridgehead atoms. The average molecular weight is 259 g/mol. The van der Waals surface area contributed by atoms with E-state index in [1.165, 1.54) is 0 Å². The smallest absolute Gasteiger partial charge is 0.158 e. The monoisotopic (exact) mass is 259 g/mol. The molecule has 1 atom stereocenters. The van der Waals surface area contributed by atoms with E-state index in [4.69, 9.17) is 0 Å². The van der Waals surface area contributed by atoms with Gasteiger partial charge in [-0.1, -0.05) is 0 Å². The Bertz CT molecular complexity index is 637. The number of imidazole rings is 2. The van der Waals surface area contributed by atoms with Crippen molar-refractivity contribution in [1.29, 1.82) is 0 Å². The minimum Gasteiger partial charge on any atom is -0.342 e. The molecule has 92 valence electrons. The van der Waals surface area contributed by atoms with Gasteiger partial charge in [0.2, 0.25) is 0 Å². The zero-order chi connectivity index (χ0) is 12.5. The van der Waals surface area contributed by atoms with Crippen LogP contribution in [0.3, 0.4) is 0 Å². The lowest BCUT2D eigenvalue weighted by molar-refractivity contribution is 0.628. The number of rotatable bonds is 3. The number of aromatic amines is 1. The summed E-state index contributed by atoms with van der Waals surface area (Å²) in [7, 11) is 0. The third-order valence-corrected chi connectivity index (χ3v) is 3.68. The summed E-state index contributed by atoms with van der Waals surface area (Å²) in [6, 6.07) is 0.163. The van der Waals surface area contributed by atoms with Gasteiger partial charge in [-0.25, -0.2) is 15.0 Å². The predicted octanol–water partition coefficient (Wildman–Crippen LogP) is 2.65. The molecule has 3 heterocycles. The van der Waals surface area contributed by atoms with Crippen LogP contribution in [0.2, 0.25) is 0 Å². The van der Waals surface area contributed by atoms with E-state index in [0.29, 0.717) is 0 Å². The molecule has 6 heteroatoms. The second-order valence-corrected chi connectivity index (χ2v) is 5.15. The van der Waals surface area contributed by atoms with Gasteiger partial charge in [0, 0.05) is 17.8 Å². The molecule has 3 rings (SSSR count). The highest BCUT2D eigenvalue weighted by Crippen LogP contribution is 2.24. The molecule has 5 nitrogen and oxygen atoms in total. The Kier molecular flexibility index (Phi) is 2.71. The van der Waals surface area contributed by atoms with Gasteiger partial charge >= 0.3 is 0 Å². The van der Waals surface area contributed by atoms with Crippen LogP contribution < -0.4 is 0 Å². The highest BCUT2D eigenvalue weighted by Gasteiger charge is 2.16. The van der Waals surface area contributed by atoms with Crippen LogP contribution in [0.1, 0.15) is 23.7 Å². The van der Waals surface area contributed by atoms with Gasteiger partial charge < -0.3 is 9.55 Å². The number of aryl methyl sites for hydroxylation is 1. The number of aromatic nitrogens is 5. The standard InChI is InChI=1S/C12H13N5S/c1-8(11-6-18-9(2)16-11)17-4-3-14-12(17)10-5-13-7-15-10/h3-8H,1-2H3,(H,13,15)/t8-/m0/s1. The fourth-order valence-corrected chi connectivity index (χ4v) is 2.63. The maximum absolute atomic E-state index is 4.53. The molecule has 0 spiro atoms. The summed E-state index contributed by atoms with van der Waals surface area (Å²) in [5, 5.41) is 3.18. The van der Waals surface area contributed by atoms with Gasteiger partial charge in [0.05, 0.1) is 29.3 Å². The van der Waals surface area contributed by atoms with Crippen LogP contribution >= 0.6 is 11.3 Å². The molecule has 0 unspecified atom stereocenters. The molecule has 0 aliphatic rings. The van der Waals surface area contributed by atoms with Gasteiger partial charge in [0.15, 0.2) is 5.82 Å². The predicted molar refractivity (Wildman–Crippen MR) is 70.5 cm³/mol. The van der Waals surface area contributed by atoms with E-state index in [1.807, 2.05) is 13.1 Å². The Hall–Kier alpha value is -1.95. The number of nitrogens with zero attached hydrogens (tertiary/aromatic N) is 4. The van der Waals surface area contributed by atoms with Crippen molar-refractivity contribution in [3.05, 3.63) is 41.0 Å². The Labute approximate surface area is 109 Å². The van der Waals surface area contributed by atoms with Gasteiger partial charge in [-0.15, -0.1) is 11.3 Å². The second-order valence-electron chi connectivity index (χ2n) is 4.09. The van der Waals surface area contributed by atoms with Crippen molar-refractivity contribution >= 4 is 11.3 Å². The third kappa shape index (κ3) is 1.84. The highest BCUT2D eigenvalue weighted by atomic mass is 32.1. The summed E-state index contributed by atoms with van der Waals surface area (Å²) in [6.45, 7) is 4.14. The van der Waals surface area contributed by atoms with E-state index in [9.17, 15) is 0 Å². The first kappa shape index (κ1) is 11.2. The highest BCUT2D eigenvalue weighted by molar-refractivity contribution is 7.09. The lowest BCUT2D eigenvalue weighted by atomic mass is 10.2. The molecule has 0 aliphatic heterocycles. The Balaban J connectivity index is 2.00. The molecule has 3 aromatic rings. The molecule has 0 aromatic carbocycles. The maximum Gasteiger partial charge on any atom is 0.158 e. The minimum atomic E-state index is 0.163. The fraction of sp³-hybridized carbons (Fsp3) is 0.250. The quantitative estimate of drug-likeness (QED) is 0.786. The van der Waals surface area contributed by atoms with E-state index in [-0.39, 0.29) is 6.04 Å². The van der Waals surface area contributed by atoms with Crippen LogP contribution in [0.15, 0.2) is 30.3 Å². The molecule has 0 fully saturated rings. The molecule has 1 N–H and O–H groups in total. The van der Waals surface area contributed by atoms with Crippen molar-refractivity contribution in [3.8, 4) is 11.5 Å². The Morgan fingerprint density at radius 2 is 2.33 bits per heavy atom. The zero-order valence-electron chi connectivity index (χ0n) is 10.2.